The van der Waals surface area contributed by atoms with Gasteiger partial charge in [0.2, 0.25) is 0 Å². The molecule has 136 valence electrons. The Morgan fingerprint density at radius 2 is 2.08 bits per heavy atom. The minimum absolute atomic E-state index is 0.198. The van der Waals surface area contributed by atoms with Gasteiger partial charge in [0.25, 0.3) is 0 Å². The molecule has 0 spiro atoms. The van der Waals surface area contributed by atoms with Crippen LogP contribution in [0.5, 0.6) is 0 Å². The molecular formula is C18H23F2N3OS. The number of rotatable bonds is 7. The van der Waals surface area contributed by atoms with E-state index in [1.165, 1.54) is 23.5 Å². The van der Waals surface area contributed by atoms with Crippen LogP contribution in [0.25, 0.3) is 0 Å². The van der Waals surface area contributed by atoms with E-state index in [1.807, 2.05) is 23.8 Å². The van der Waals surface area contributed by atoms with Crippen molar-refractivity contribution in [3.8, 4) is 0 Å². The van der Waals surface area contributed by atoms with E-state index in [-0.39, 0.29) is 6.54 Å². The van der Waals surface area contributed by atoms with Crippen LogP contribution in [0.2, 0.25) is 0 Å². The lowest BCUT2D eigenvalue weighted by Gasteiger charge is -2.21. The van der Waals surface area contributed by atoms with Crippen molar-refractivity contribution in [3.63, 3.8) is 0 Å². The summed E-state index contributed by atoms with van der Waals surface area (Å²) in [7, 11) is 0. The molecule has 0 aliphatic carbocycles. The van der Waals surface area contributed by atoms with E-state index >= 15 is 0 Å². The summed E-state index contributed by atoms with van der Waals surface area (Å²) in [5.74, 6) is -0.593. The first-order valence-corrected chi connectivity index (χ1v) is 9.08. The summed E-state index contributed by atoms with van der Waals surface area (Å²) in [4.78, 5) is 4.40. The fraction of sp³-hybridized carbons (Fsp3) is 0.389. The van der Waals surface area contributed by atoms with Crippen molar-refractivity contribution in [1.29, 1.82) is 0 Å². The van der Waals surface area contributed by atoms with Gasteiger partial charge in [0, 0.05) is 19.2 Å². The Labute approximate surface area is 150 Å². The molecule has 0 aliphatic rings. The molecule has 0 amide bonds. The van der Waals surface area contributed by atoms with Gasteiger partial charge >= 0.3 is 0 Å². The number of hydrogen-bond donors (Lipinski definition) is 3. The third-order valence-corrected chi connectivity index (χ3v) is 4.42. The summed E-state index contributed by atoms with van der Waals surface area (Å²) < 4.78 is 26.6. The van der Waals surface area contributed by atoms with Gasteiger partial charge in [-0.25, -0.2) is 13.8 Å². The number of aliphatic imine (C=N–C) groups is 1. The summed E-state index contributed by atoms with van der Waals surface area (Å²) >= 11 is 1.52. The Kier molecular flexibility index (Phi) is 6.90. The van der Waals surface area contributed by atoms with Crippen molar-refractivity contribution in [2.45, 2.75) is 25.9 Å². The highest BCUT2D eigenvalue weighted by molar-refractivity contribution is 7.08. The van der Waals surface area contributed by atoms with Crippen LogP contribution < -0.4 is 10.6 Å². The van der Waals surface area contributed by atoms with E-state index < -0.39 is 17.2 Å². The fourth-order valence-corrected chi connectivity index (χ4v) is 3.06. The quantitative estimate of drug-likeness (QED) is 0.521. The molecule has 7 heteroatoms. The van der Waals surface area contributed by atoms with Crippen molar-refractivity contribution in [3.05, 3.63) is 57.8 Å². The van der Waals surface area contributed by atoms with Crippen LogP contribution in [0.4, 0.5) is 8.78 Å². The normalized spacial score (nSPS) is 14.2. The maximum atomic E-state index is 13.6. The highest BCUT2D eigenvalue weighted by atomic mass is 32.1. The van der Waals surface area contributed by atoms with Gasteiger partial charge in [-0.05, 0) is 54.3 Å². The summed E-state index contributed by atoms with van der Waals surface area (Å²) in [6.07, 6.45) is 0.400. The van der Waals surface area contributed by atoms with Crippen LogP contribution in [-0.2, 0) is 12.0 Å². The van der Waals surface area contributed by atoms with E-state index in [0.717, 1.165) is 11.6 Å². The zero-order chi connectivity index (χ0) is 18.3. The molecule has 1 atom stereocenters. The molecule has 2 aromatic rings. The van der Waals surface area contributed by atoms with Crippen molar-refractivity contribution in [1.82, 2.24) is 10.6 Å². The van der Waals surface area contributed by atoms with Crippen molar-refractivity contribution in [2.24, 2.45) is 4.99 Å². The van der Waals surface area contributed by atoms with Crippen molar-refractivity contribution in [2.75, 3.05) is 19.6 Å². The lowest BCUT2D eigenvalue weighted by Crippen LogP contribution is -2.39. The molecule has 2 rings (SSSR count). The van der Waals surface area contributed by atoms with Crippen LogP contribution in [-0.4, -0.2) is 30.7 Å². The number of thiophene rings is 1. The molecule has 0 radical (unpaired) electrons. The molecule has 1 heterocycles. The van der Waals surface area contributed by atoms with Gasteiger partial charge in [0.1, 0.15) is 17.2 Å². The Balaban J connectivity index is 1.93. The van der Waals surface area contributed by atoms with Gasteiger partial charge in [-0.3, -0.25) is 0 Å². The van der Waals surface area contributed by atoms with Crippen LogP contribution in [0.15, 0.2) is 40.0 Å². The van der Waals surface area contributed by atoms with Gasteiger partial charge < -0.3 is 15.7 Å². The molecule has 3 N–H and O–H groups in total. The first-order valence-electron chi connectivity index (χ1n) is 8.13. The number of halogens is 2. The predicted octanol–water partition coefficient (Wildman–Crippen LogP) is 3.03. The minimum Gasteiger partial charge on any atom is -0.383 e. The maximum Gasteiger partial charge on any atom is 0.191 e. The van der Waals surface area contributed by atoms with Gasteiger partial charge in [0.05, 0.1) is 6.54 Å². The molecule has 4 nitrogen and oxygen atoms in total. The van der Waals surface area contributed by atoms with E-state index in [9.17, 15) is 13.9 Å². The Morgan fingerprint density at radius 1 is 1.28 bits per heavy atom. The van der Waals surface area contributed by atoms with Crippen LogP contribution >= 0.6 is 11.3 Å². The molecule has 0 fully saturated rings. The summed E-state index contributed by atoms with van der Waals surface area (Å²) in [5, 5.41) is 20.5. The zero-order valence-electron chi connectivity index (χ0n) is 14.4. The van der Waals surface area contributed by atoms with E-state index in [4.69, 9.17) is 0 Å². The average Bonchev–Trinajstić information content (AvgIpc) is 3.10. The molecular weight excluding hydrogens is 344 g/mol. The molecule has 0 bridgehead atoms. The monoisotopic (exact) mass is 367 g/mol. The molecule has 1 aromatic heterocycles. The third kappa shape index (κ3) is 5.79. The summed E-state index contributed by atoms with van der Waals surface area (Å²) in [6, 6.07) is 5.44. The molecule has 25 heavy (non-hydrogen) atoms. The standard InChI is InChI=1S/C18H23F2N3OS/c1-3-21-17(23-12-18(2,24)14-7-9-25-11-14)22-8-6-13-4-5-15(19)10-16(13)20/h4-5,7,9-11,24H,3,6,8,12H2,1-2H3,(H2,21,22,23). The largest absolute Gasteiger partial charge is 0.383 e. The van der Waals surface area contributed by atoms with Gasteiger partial charge in [-0.15, -0.1) is 0 Å². The van der Waals surface area contributed by atoms with Gasteiger partial charge in [0.15, 0.2) is 5.96 Å². The highest BCUT2D eigenvalue weighted by Gasteiger charge is 2.23. The second-order valence-corrected chi connectivity index (χ2v) is 6.67. The number of hydrogen-bond acceptors (Lipinski definition) is 3. The van der Waals surface area contributed by atoms with Gasteiger partial charge in [-0.1, -0.05) is 6.07 Å². The van der Waals surface area contributed by atoms with Crippen molar-refractivity contribution < 1.29 is 13.9 Å². The topological polar surface area (TPSA) is 56.7 Å². The SMILES string of the molecule is CCNC(=NCC(C)(O)c1ccsc1)NCCc1ccc(F)cc1F. The molecule has 1 aromatic carbocycles. The third-order valence-electron chi connectivity index (χ3n) is 3.73. The number of aliphatic hydroxyl groups is 1. The lowest BCUT2D eigenvalue weighted by molar-refractivity contribution is 0.0677. The maximum absolute atomic E-state index is 13.6. The van der Waals surface area contributed by atoms with Crippen molar-refractivity contribution >= 4 is 17.3 Å². The summed E-state index contributed by atoms with van der Waals surface area (Å²) in [6.45, 7) is 4.96. The fourth-order valence-electron chi connectivity index (χ4n) is 2.28. The first kappa shape index (κ1) is 19.3. The van der Waals surface area contributed by atoms with Crippen LogP contribution in [0, 0.1) is 11.6 Å². The number of guanidine groups is 1. The minimum atomic E-state index is -1.05. The smallest absolute Gasteiger partial charge is 0.191 e. The van der Waals surface area contributed by atoms with Crippen LogP contribution in [0.1, 0.15) is 25.0 Å². The van der Waals surface area contributed by atoms with Crippen LogP contribution in [0.3, 0.4) is 0 Å². The Hall–Kier alpha value is -1.99. The molecule has 1 unspecified atom stereocenters. The number of nitrogens with one attached hydrogen (secondary N) is 2. The summed E-state index contributed by atoms with van der Waals surface area (Å²) in [5.41, 5.74) is 0.214. The Morgan fingerprint density at radius 3 is 2.72 bits per heavy atom. The van der Waals surface area contributed by atoms with E-state index in [2.05, 4.69) is 15.6 Å². The molecule has 0 saturated heterocycles. The number of benzene rings is 1. The van der Waals surface area contributed by atoms with E-state index in [0.29, 0.717) is 31.0 Å². The van der Waals surface area contributed by atoms with E-state index in [1.54, 1.807) is 6.92 Å². The number of nitrogens with zero attached hydrogens (tertiary/aromatic N) is 1. The second kappa shape index (κ2) is 8.92. The second-order valence-electron chi connectivity index (χ2n) is 5.89. The lowest BCUT2D eigenvalue weighted by atomic mass is 10.00. The Bertz CT molecular complexity index is 702. The first-order chi connectivity index (χ1) is 11.9. The highest BCUT2D eigenvalue weighted by Crippen LogP contribution is 2.23. The van der Waals surface area contributed by atoms with Gasteiger partial charge in [-0.2, -0.15) is 11.3 Å². The predicted molar refractivity (Wildman–Crippen MR) is 97.9 cm³/mol. The molecule has 0 saturated carbocycles. The zero-order valence-corrected chi connectivity index (χ0v) is 15.2. The average molecular weight is 367 g/mol. The molecule has 0 aliphatic heterocycles.